The maximum absolute atomic E-state index is 9.81. The fourth-order valence-electron chi connectivity index (χ4n) is 3.29. The molecule has 3 aromatic carbocycles. The van der Waals surface area contributed by atoms with Crippen LogP contribution in [0.4, 0.5) is 0 Å². The van der Waals surface area contributed by atoms with E-state index in [1.165, 1.54) is 0 Å². The van der Waals surface area contributed by atoms with Crippen molar-refractivity contribution in [2.24, 2.45) is 0 Å². The van der Waals surface area contributed by atoms with Crippen molar-refractivity contribution in [2.45, 2.75) is 13.5 Å². The number of fused-ring (bicyclic) bond motifs is 1. The highest BCUT2D eigenvalue weighted by Crippen LogP contribution is 2.34. The number of hydrogen-bond donors (Lipinski definition) is 1. The normalized spacial score (nSPS) is 11.4. The molecule has 154 valence electrons. The van der Waals surface area contributed by atoms with E-state index in [1.807, 2.05) is 67.6 Å². The fourth-order valence-corrected chi connectivity index (χ4v) is 3.48. The van der Waals surface area contributed by atoms with Crippen LogP contribution in [0.25, 0.3) is 22.7 Å². The van der Waals surface area contributed by atoms with Crippen molar-refractivity contribution in [1.82, 2.24) is 9.97 Å². The average Bonchev–Trinajstić information content (AvgIpc) is 3.20. The third-order valence-corrected chi connectivity index (χ3v) is 5.24. The zero-order valence-corrected chi connectivity index (χ0v) is 17.9. The summed E-state index contributed by atoms with van der Waals surface area (Å²) in [6, 6.07) is 21.2. The molecule has 0 fully saturated rings. The number of nitrogens with zero attached hydrogens (tertiary/aromatic N) is 2. The van der Waals surface area contributed by atoms with E-state index in [-0.39, 0.29) is 6.61 Å². The van der Waals surface area contributed by atoms with Gasteiger partial charge in [0.15, 0.2) is 11.5 Å². The quantitative estimate of drug-likeness (QED) is 0.371. The third kappa shape index (κ3) is 4.40. The number of rotatable bonds is 6. The smallest absolute Gasteiger partial charge is 0.168 e. The van der Waals surface area contributed by atoms with Crippen molar-refractivity contribution in [2.75, 3.05) is 7.11 Å². The number of aryl methyl sites for hydroxylation is 1. The van der Waals surface area contributed by atoms with E-state index in [9.17, 15) is 5.26 Å². The molecule has 0 atom stereocenters. The molecule has 0 saturated carbocycles. The minimum atomic E-state index is 0.271. The van der Waals surface area contributed by atoms with Crippen LogP contribution in [0.1, 0.15) is 22.5 Å². The standard InChI is InChI=1S/C25H20ClN3O2/c1-16-10-11-21-22(12-16)29-25(28-21)19(14-27)13-17-7-5-9-23(30-2)24(17)31-15-18-6-3-4-8-20(18)26/h3-13H,15H2,1-2H3,(H,28,29). The van der Waals surface area contributed by atoms with Crippen LogP contribution in [0.5, 0.6) is 11.5 Å². The Morgan fingerprint density at radius 1 is 1.16 bits per heavy atom. The number of nitriles is 1. The second-order valence-electron chi connectivity index (χ2n) is 7.03. The second-order valence-corrected chi connectivity index (χ2v) is 7.44. The van der Waals surface area contributed by atoms with Gasteiger partial charge in [-0.1, -0.05) is 48.0 Å². The molecule has 1 aromatic heterocycles. The molecule has 0 radical (unpaired) electrons. The van der Waals surface area contributed by atoms with Crippen LogP contribution in [0, 0.1) is 18.3 Å². The van der Waals surface area contributed by atoms with Gasteiger partial charge in [-0.2, -0.15) is 5.26 Å². The minimum Gasteiger partial charge on any atom is -0.493 e. The topological polar surface area (TPSA) is 70.9 Å². The summed E-state index contributed by atoms with van der Waals surface area (Å²) in [5, 5.41) is 10.4. The van der Waals surface area contributed by atoms with E-state index in [1.54, 1.807) is 13.2 Å². The molecule has 4 aromatic rings. The molecule has 0 aliphatic heterocycles. The van der Waals surface area contributed by atoms with Crippen LogP contribution in [0.3, 0.4) is 0 Å². The van der Waals surface area contributed by atoms with E-state index in [0.717, 1.165) is 22.2 Å². The molecule has 0 amide bonds. The molecule has 5 nitrogen and oxygen atoms in total. The van der Waals surface area contributed by atoms with Gasteiger partial charge in [0.05, 0.1) is 23.7 Å². The van der Waals surface area contributed by atoms with Gasteiger partial charge < -0.3 is 14.5 Å². The molecule has 1 N–H and O–H groups in total. The third-order valence-electron chi connectivity index (χ3n) is 4.87. The van der Waals surface area contributed by atoms with Crippen LogP contribution >= 0.6 is 11.6 Å². The van der Waals surface area contributed by atoms with Crippen molar-refractivity contribution in [1.29, 1.82) is 5.26 Å². The van der Waals surface area contributed by atoms with Gasteiger partial charge in [-0.05, 0) is 42.8 Å². The molecule has 4 rings (SSSR count). The SMILES string of the molecule is COc1cccc(C=C(C#N)c2nc3ccc(C)cc3[nH]2)c1OCc1ccccc1Cl. The highest BCUT2D eigenvalue weighted by Gasteiger charge is 2.14. The van der Waals surface area contributed by atoms with Gasteiger partial charge >= 0.3 is 0 Å². The monoisotopic (exact) mass is 429 g/mol. The van der Waals surface area contributed by atoms with Gasteiger partial charge in [0.2, 0.25) is 0 Å². The predicted octanol–water partition coefficient (Wildman–Crippen LogP) is 6.18. The number of halogens is 1. The van der Waals surface area contributed by atoms with Crippen LogP contribution in [-0.2, 0) is 6.61 Å². The molecule has 1 heterocycles. The molecule has 0 spiro atoms. The lowest BCUT2D eigenvalue weighted by Crippen LogP contribution is -2.00. The molecular weight excluding hydrogens is 410 g/mol. The second kappa shape index (κ2) is 8.95. The van der Waals surface area contributed by atoms with Crippen LogP contribution in [-0.4, -0.2) is 17.1 Å². The Hall–Kier alpha value is -3.75. The summed E-state index contributed by atoms with van der Waals surface area (Å²) in [6.07, 6.45) is 1.75. The largest absolute Gasteiger partial charge is 0.493 e. The van der Waals surface area contributed by atoms with E-state index in [2.05, 4.69) is 16.0 Å². The summed E-state index contributed by atoms with van der Waals surface area (Å²) in [5.41, 5.74) is 4.77. The summed E-state index contributed by atoms with van der Waals surface area (Å²) < 4.78 is 11.6. The molecule has 31 heavy (non-hydrogen) atoms. The lowest BCUT2D eigenvalue weighted by atomic mass is 10.1. The van der Waals surface area contributed by atoms with Crippen molar-refractivity contribution >= 4 is 34.3 Å². The summed E-state index contributed by atoms with van der Waals surface area (Å²) >= 11 is 6.26. The van der Waals surface area contributed by atoms with E-state index < -0.39 is 0 Å². The Labute approximate surface area is 185 Å². The number of H-pyrrole nitrogens is 1. The number of hydrogen-bond acceptors (Lipinski definition) is 4. The number of methoxy groups -OCH3 is 1. The molecule has 0 saturated heterocycles. The number of benzene rings is 3. The Balaban J connectivity index is 1.72. The highest BCUT2D eigenvalue weighted by atomic mass is 35.5. The first kappa shape index (κ1) is 20.5. The summed E-state index contributed by atoms with van der Waals surface area (Å²) in [5.74, 6) is 1.60. The predicted molar refractivity (Wildman–Crippen MR) is 123 cm³/mol. The van der Waals surface area contributed by atoms with Crippen LogP contribution in [0.15, 0.2) is 60.7 Å². The van der Waals surface area contributed by atoms with E-state index in [4.69, 9.17) is 21.1 Å². The molecule has 0 aliphatic carbocycles. The van der Waals surface area contributed by atoms with Gasteiger partial charge in [0.25, 0.3) is 0 Å². The van der Waals surface area contributed by atoms with Crippen LogP contribution < -0.4 is 9.47 Å². The average molecular weight is 430 g/mol. The number of aromatic amines is 1. The Bertz CT molecular complexity index is 1320. The first-order chi connectivity index (χ1) is 15.1. The molecular formula is C25H20ClN3O2. The maximum Gasteiger partial charge on any atom is 0.168 e. The number of imidazole rings is 1. The number of allylic oxidation sites excluding steroid dienone is 1. The molecule has 0 bridgehead atoms. The Morgan fingerprint density at radius 2 is 2.00 bits per heavy atom. The summed E-state index contributed by atoms with van der Waals surface area (Å²) in [6.45, 7) is 2.28. The van der Waals surface area contributed by atoms with Gasteiger partial charge in [0, 0.05) is 16.1 Å². The van der Waals surface area contributed by atoms with Gasteiger partial charge in [-0.3, -0.25) is 0 Å². The van der Waals surface area contributed by atoms with Gasteiger partial charge in [-0.25, -0.2) is 4.98 Å². The highest BCUT2D eigenvalue weighted by molar-refractivity contribution is 6.31. The van der Waals surface area contributed by atoms with Crippen molar-refractivity contribution in [3.05, 3.63) is 88.2 Å². The van der Waals surface area contributed by atoms with Crippen molar-refractivity contribution in [3.63, 3.8) is 0 Å². The van der Waals surface area contributed by atoms with Gasteiger partial charge in [0.1, 0.15) is 18.5 Å². The van der Waals surface area contributed by atoms with Crippen molar-refractivity contribution in [3.8, 4) is 17.6 Å². The lowest BCUT2D eigenvalue weighted by molar-refractivity contribution is 0.284. The fraction of sp³-hybridized carbons (Fsp3) is 0.120. The molecule has 0 unspecified atom stereocenters. The zero-order valence-electron chi connectivity index (χ0n) is 17.1. The van der Waals surface area contributed by atoms with E-state index in [0.29, 0.717) is 33.5 Å². The number of para-hydroxylation sites is 1. The number of aromatic nitrogens is 2. The summed E-state index contributed by atoms with van der Waals surface area (Å²) in [7, 11) is 1.58. The first-order valence-electron chi connectivity index (χ1n) is 9.71. The number of nitrogens with one attached hydrogen (secondary N) is 1. The van der Waals surface area contributed by atoms with E-state index >= 15 is 0 Å². The maximum atomic E-state index is 9.81. The minimum absolute atomic E-state index is 0.271. The molecule has 0 aliphatic rings. The Kier molecular flexibility index (Phi) is 5.92. The zero-order chi connectivity index (χ0) is 21.8. The lowest BCUT2D eigenvalue weighted by Gasteiger charge is -2.14. The van der Waals surface area contributed by atoms with Crippen LogP contribution in [0.2, 0.25) is 5.02 Å². The Morgan fingerprint density at radius 3 is 2.77 bits per heavy atom. The first-order valence-corrected chi connectivity index (χ1v) is 10.1. The summed E-state index contributed by atoms with van der Waals surface area (Å²) in [4.78, 5) is 7.79. The molecule has 6 heteroatoms. The number of ether oxygens (including phenoxy) is 2. The van der Waals surface area contributed by atoms with Crippen molar-refractivity contribution < 1.29 is 9.47 Å². The van der Waals surface area contributed by atoms with Gasteiger partial charge in [-0.15, -0.1) is 0 Å².